The highest BCUT2D eigenvalue weighted by molar-refractivity contribution is 5.78. The zero-order valence-electron chi connectivity index (χ0n) is 16.8. The van der Waals surface area contributed by atoms with Crippen LogP contribution < -0.4 is 10.1 Å². The first-order valence-electron chi connectivity index (χ1n) is 9.30. The van der Waals surface area contributed by atoms with E-state index in [2.05, 4.69) is 77.2 Å². The zero-order chi connectivity index (χ0) is 19.3. The third kappa shape index (κ3) is 5.35. The van der Waals surface area contributed by atoms with Gasteiger partial charge in [-0.15, -0.1) is 0 Å². The van der Waals surface area contributed by atoms with E-state index in [1.807, 2.05) is 12.1 Å². The van der Waals surface area contributed by atoms with Crippen molar-refractivity contribution in [2.45, 2.75) is 59.4 Å². The van der Waals surface area contributed by atoms with Crippen molar-refractivity contribution in [2.24, 2.45) is 0 Å². The number of rotatable bonds is 6. The Morgan fingerprint density at radius 1 is 1.04 bits per heavy atom. The van der Waals surface area contributed by atoms with Gasteiger partial charge < -0.3 is 10.1 Å². The van der Waals surface area contributed by atoms with Crippen molar-refractivity contribution in [1.29, 1.82) is 0 Å². The van der Waals surface area contributed by atoms with Gasteiger partial charge >= 0.3 is 0 Å². The lowest BCUT2D eigenvalue weighted by molar-refractivity contribution is -0.123. The number of carbonyl (C=O) groups excluding carboxylic acids is 1. The lowest BCUT2D eigenvalue weighted by Gasteiger charge is -2.20. The molecule has 0 spiro atoms. The van der Waals surface area contributed by atoms with Gasteiger partial charge in [-0.25, -0.2) is 0 Å². The normalized spacial score (nSPS) is 12.5. The summed E-state index contributed by atoms with van der Waals surface area (Å²) in [6.45, 7) is 12.8. The SMILES string of the molecule is CC[C@H](NC(=O)COc1ccc(C(C)(C)C)cc1)c1ccc(C)c(C)c1. The predicted molar refractivity (Wildman–Crippen MR) is 108 cm³/mol. The molecule has 0 aliphatic heterocycles. The molecule has 0 aliphatic rings. The van der Waals surface area contributed by atoms with Crippen molar-refractivity contribution in [1.82, 2.24) is 5.32 Å². The molecule has 1 atom stereocenters. The van der Waals surface area contributed by atoms with Gasteiger partial charge in [-0.2, -0.15) is 0 Å². The number of amides is 1. The van der Waals surface area contributed by atoms with Crippen molar-refractivity contribution in [3.05, 3.63) is 64.7 Å². The molecular weight excluding hydrogens is 322 g/mol. The van der Waals surface area contributed by atoms with Crippen molar-refractivity contribution in [2.75, 3.05) is 6.61 Å². The second-order valence-electron chi connectivity index (χ2n) is 7.94. The van der Waals surface area contributed by atoms with Crippen LogP contribution in [0.25, 0.3) is 0 Å². The fourth-order valence-electron chi connectivity index (χ4n) is 2.84. The standard InChI is InChI=1S/C23H31NO2/c1-7-21(18-9-8-16(2)17(3)14-18)24-22(25)15-26-20-12-10-19(11-13-20)23(4,5)6/h8-14,21H,7,15H2,1-6H3,(H,24,25)/t21-/m0/s1. The first-order valence-corrected chi connectivity index (χ1v) is 9.30. The van der Waals surface area contributed by atoms with E-state index >= 15 is 0 Å². The van der Waals surface area contributed by atoms with Crippen LogP contribution in [0.3, 0.4) is 0 Å². The van der Waals surface area contributed by atoms with E-state index in [1.165, 1.54) is 16.7 Å². The summed E-state index contributed by atoms with van der Waals surface area (Å²) in [4.78, 5) is 12.3. The minimum Gasteiger partial charge on any atom is -0.484 e. The maximum atomic E-state index is 12.3. The molecule has 0 bridgehead atoms. The maximum Gasteiger partial charge on any atom is 0.258 e. The van der Waals surface area contributed by atoms with Crippen LogP contribution in [0.5, 0.6) is 5.75 Å². The summed E-state index contributed by atoms with van der Waals surface area (Å²) < 4.78 is 5.65. The zero-order valence-corrected chi connectivity index (χ0v) is 16.8. The molecule has 1 amide bonds. The number of ether oxygens (including phenoxy) is 1. The summed E-state index contributed by atoms with van der Waals surface area (Å²) >= 11 is 0. The van der Waals surface area contributed by atoms with Crippen molar-refractivity contribution in [3.8, 4) is 5.75 Å². The van der Waals surface area contributed by atoms with E-state index in [0.29, 0.717) is 5.75 Å². The van der Waals surface area contributed by atoms with Crippen LogP contribution in [0.4, 0.5) is 0 Å². The van der Waals surface area contributed by atoms with Crippen LogP contribution in [0.1, 0.15) is 62.4 Å². The van der Waals surface area contributed by atoms with Gasteiger partial charge in [0, 0.05) is 0 Å². The molecule has 3 nitrogen and oxygen atoms in total. The molecule has 0 saturated carbocycles. The van der Waals surface area contributed by atoms with Crippen LogP contribution >= 0.6 is 0 Å². The first kappa shape index (κ1) is 20.0. The second-order valence-corrected chi connectivity index (χ2v) is 7.94. The Morgan fingerprint density at radius 2 is 1.69 bits per heavy atom. The minimum absolute atomic E-state index is 0.00802. The topological polar surface area (TPSA) is 38.3 Å². The van der Waals surface area contributed by atoms with Crippen molar-refractivity contribution in [3.63, 3.8) is 0 Å². The molecule has 0 radical (unpaired) electrons. The van der Waals surface area contributed by atoms with E-state index in [0.717, 1.165) is 12.0 Å². The summed E-state index contributed by atoms with van der Waals surface area (Å²) in [5.41, 5.74) is 4.99. The monoisotopic (exact) mass is 353 g/mol. The Balaban J connectivity index is 1.93. The van der Waals surface area contributed by atoms with E-state index < -0.39 is 0 Å². The average Bonchev–Trinajstić information content (AvgIpc) is 2.60. The van der Waals surface area contributed by atoms with Gasteiger partial charge in [0.2, 0.25) is 0 Å². The van der Waals surface area contributed by atoms with Gasteiger partial charge in [-0.3, -0.25) is 4.79 Å². The highest BCUT2D eigenvalue weighted by Crippen LogP contribution is 2.24. The van der Waals surface area contributed by atoms with Crippen molar-refractivity contribution < 1.29 is 9.53 Å². The third-order valence-electron chi connectivity index (χ3n) is 4.77. The number of hydrogen-bond donors (Lipinski definition) is 1. The highest BCUT2D eigenvalue weighted by atomic mass is 16.5. The van der Waals surface area contributed by atoms with Gasteiger partial charge in [0.05, 0.1) is 6.04 Å². The van der Waals surface area contributed by atoms with Gasteiger partial charge in [-0.1, -0.05) is 58.0 Å². The quantitative estimate of drug-likeness (QED) is 0.770. The fraction of sp³-hybridized carbons (Fsp3) is 0.435. The lowest BCUT2D eigenvalue weighted by Crippen LogP contribution is -2.32. The summed E-state index contributed by atoms with van der Waals surface area (Å²) in [6, 6.07) is 14.3. The number of carbonyl (C=O) groups is 1. The molecule has 2 rings (SSSR count). The van der Waals surface area contributed by atoms with E-state index in [4.69, 9.17) is 4.74 Å². The maximum absolute atomic E-state index is 12.3. The Kier molecular flexibility index (Phi) is 6.47. The molecule has 1 N–H and O–H groups in total. The molecule has 140 valence electrons. The van der Waals surface area contributed by atoms with E-state index in [1.54, 1.807) is 0 Å². The number of benzene rings is 2. The lowest BCUT2D eigenvalue weighted by atomic mass is 9.87. The van der Waals surface area contributed by atoms with Gasteiger partial charge in [0.1, 0.15) is 5.75 Å². The second kappa shape index (κ2) is 8.39. The Labute approximate surface area is 157 Å². The summed E-state index contributed by atoms with van der Waals surface area (Å²) in [6.07, 6.45) is 0.842. The van der Waals surface area contributed by atoms with Crippen molar-refractivity contribution >= 4 is 5.91 Å². The Morgan fingerprint density at radius 3 is 2.23 bits per heavy atom. The van der Waals surface area contributed by atoms with Crippen LogP contribution in [0.2, 0.25) is 0 Å². The molecule has 26 heavy (non-hydrogen) atoms. The molecular formula is C23H31NO2. The molecule has 0 fully saturated rings. The number of nitrogens with one attached hydrogen (secondary N) is 1. The van der Waals surface area contributed by atoms with Gasteiger partial charge in [0.25, 0.3) is 5.91 Å². The molecule has 0 aromatic heterocycles. The summed E-state index contributed by atoms with van der Waals surface area (Å²) in [5.74, 6) is 0.613. The van der Waals surface area contributed by atoms with Crippen LogP contribution in [0, 0.1) is 13.8 Å². The number of hydrogen-bond acceptors (Lipinski definition) is 2. The first-order chi connectivity index (χ1) is 12.2. The largest absolute Gasteiger partial charge is 0.484 e. The summed E-state index contributed by atoms with van der Waals surface area (Å²) in [5, 5.41) is 3.07. The van der Waals surface area contributed by atoms with Gasteiger partial charge in [0.15, 0.2) is 6.61 Å². The summed E-state index contributed by atoms with van der Waals surface area (Å²) in [7, 11) is 0. The molecule has 2 aromatic carbocycles. The molecule has 0 unspecified atom stereocenters. The van der Waals surface area contributed by atoms with Crippen LogP contribution in [0.15, 0.2) is 42.5 Å². The number of aryl methyl sites for hydroxylation is 2. The molecule has 3 heteroatoms. The predicted octanol–water partition coefficient (Wildman–Crippen LogP) is 5.25. The molecule has 0 heterocycles. The molecule has 0 aliphatic carbocycles. The molecule has 2 aromatic rings. The fourth-order valence-corrected chi connectivity index (χ4v) is 2.84. The van der Waals surface area contributed by atoms with Crippen LogP contribution in [-0.2, 0) is 10.2 Å². The smallest absolute Gasteiger partial charge is 0.258 e. The van der Waals surface area contributed by atoms with E-state index in [-0.39, 0.29) is 24.0 Å². The third-order valence-corrected chi connectivity index (χ3v) is 4.77. The van der Waals surface area contributed by atoms with E-state index in [9.17, 15) is 4.79 Å². The Hall–Kier alpha value is -2.29. The Bertz CT molecular complexity index is 742. The average molecular weight is 354 g/mol. The molecule has 0 saturated heterocycles. The highest BCUT2D eigenvalue weighted by Gasteiger charge is 2.15. The minimum atomic E-state index is -0.102. The van der Waals surface area contributed by atoms with Gasteiger partial charge in [-0.05, 0) is 60.1 Å². The van der Waals surface area contributed by atoms with Crippen LogP contribution in [-0.4, -0.2) is 12.5 Å².